The third kappa shape index (κ3) is 5.03. The summed E-state index contributed by atoms with van der Waals surface area (Å²) in [4.78, 5) is 0. The van der Waals surface area contributed by atoms with Crippen molar-refractivity contribution < 1.29 is 0 Å². The van der Waals surface area contributed by atoms with Gasteiger partial charge in [-0.25, -0.2) is 0 Å². The standard InChI is InChI=1S/C43H39N5/c44-38-29(18-19-31-22-23-36(46-40(31)38)28-11-2-1-3-12-28)13-6-9-27-10-7-14-32(25-27)39-35-26-33-21-20-30-15-8-24-45-41(30)42(33)48-43(35)34-16-4-5-17-37(34)47-39/h1-7,10-14,16-23,25-26,36,39,43,45-48H,8-9,15,24,44H2/b13-6-. The third-order valence-corrected chi connectivity index (χ3v) is 10.3. The van der Waals surface area contributed by atoms with E-state index < -0.39 is 0 Å². The molecule has 4 aliphatic rings. The van der Waals surface area contributed by atoms with E-state index in [1.54, 1.807) is 0 Å². The highest BCUT2D eigenvalue weighted by atomic mass is 15.0. The summed E-state index contributed by atoms with van der Waals surface area (Å²) in [6, 6.07) is 37.4. The quantitative estimate of drug-likeness (QED) is 0.126. The number of para-hydroxylation sites is 1. The van der Waals surface area contributed by atoms with Crippen LogP contribution in [0.3, 0.4) is 0 Å². The van der Waals surface area contributed by atoms with E-state index in [1.165, 1.54) is 62.4 Å². The van der Waals surface area contributed by atoms with E-state index in [4.69, 9.17) is 5.73 Å². The van der Waals surface area contributed by atoms with Crippen molar-refractivity contribution in [1.82, 2.24) is 0 Å². The highest BCUT2D eigenvalue weighted by Crippen LogP contribution is 2.50. The largest absolute Gasteiger partial charge is 0.397 e. The summed E-state index contributed by atoms with van der Waals surface area (Å²) < 4.78 is 0. The third-order valence-electron chi connectivity index (χ3n) is 10.3. The van der Waals surface area contributed by atoms with Crippen LogP contribution in [0.4, 0.5) is 28.4 Å². The highest BCUT2D eigenvalue weighted by molar-refractivity contribution is 5.89. The molecule has 0 spiro atoms. The molecule has 5 nitrogen and oxygen atoms in total. The monoisotopic (exact) mass is 625 g/mol. The minimum atomic E-state index is 0.0615. The first-order valence-electron chi connectivity index (χ1n) is 17.1. The summed E-state index contributed by atoms with van der Waals surface area (Å²) in [5.74, 6) is 0. The van der Waals surface area contributed by atoms with Crippen LogP contribution in [0.2, 0.25) is 0 Å². The molecule has 5 aromatic rings. The number of benzene rings is 5. The second-order valence-corrected chi connectivity index (χ2v) is 13.3. The number of rotatable bonds is 5. The summed E-state index contributed by atoms with van der Waals surface area (Å²) in [6.45, 7) is 1.02. The molecule has 3 unspecified atom stereocenters. The normalized spacial score (nSPS) is 20.0. The first-order chi connectivity index (χ1) is 23.7. The lowest BCUT2D eigenvalue weighted by Crippen LogP contribution is -2.31. The van der Waals surface area contributed by atoms with E-state index in [-0.39, 0.29) is 18.1 Å². The van der Waals surface area contributed by atoms with Crippen molar-refractivity contribution in [2.24, 2.45) is 0 Å². The van der Waals surface area contributed by atoms with Crippen molar-refractivity contribution in [3.8, 4) is 0 Å². The van der Waals surface area contributed by atoms with Crippen molar-refractivity contribution in [2.75, 3.05) is 33.5 Å². The van der Waals surface area contributed by atoms with Gasteiger partial charge in [-0.2, -0.15) is 0 Å². The van der Waals surface area contributed by atoms with Crippen molar-refractivity contribution in [3.63, 3.8) is 0 Å². The maximum absolute atomic E-state index is 6.75. The average Bonchev–Trinajstić information content (AvgIpc) is 3.15. The lowest BCUT2D eigenvalue weighted by Gasteiger charge is -2.41. The second-order valence-electron chi connectivity index (χ2n) is 13.3. The Morgan fingerprint density at radius 2 is 1.58 bits per heavy atom. The Kier molecular flexibility index (Phi) is 7.04. The summed E-state index contributed by atoms with van der Waals surface area (Å²) in [7, 11) is 0. The minimum Gasteiger partial charge on any atom is -0.397 e. The molecule has 5 aromatic carbocycles. The van der Waals surface area contributed by atoms with Crippen LogP contribution < -0.4 is 27.0 Å². The van der Waals surface area contributed by atoms with Gasteiger partial charge in [0.2, 0.25) is 0 Å². The first-order valence-corrected chi connectivity index (χ1v) is 17.1. The maximum Gasteiger partial charge on any atom is 0.0774 e. The molecule has 48 heavy (non-hydrogen) atoms. The van der Waals surface area contributed by atoms with Crippen LogP contribution in [0, 0.1) is 0 Å². The molecule has 0 amide bonds. The van der Waals surface area contributed by atoms with Crippen molar-refractivity contribution in [2.45, 2.75) is 37.4 Å². The molecule has 3 atom stereocenters. The summed E-state index contributed by atoms with van der Waals surface area (Å²) in [6.07, 6.45) is 14.3. The van der Waals surface area contributed by atoms with E-state index in [0.29, 0.717) is 0 Å². The van der Waals surface area contributed by atoms with Crippen LogP contribution in [-0.4, -0.2) is 6.54 Å². The molecule has 236 valence electrons. The predicted octanol–water partition coefficient (Wildman–Crippen LogP) is 9.78. The van der Waals surface area contributed by atoms with Crippen LogP contribution >= 0.6 is 0 Å². The molecule has 0 saturated carbocycles. The Morgan fingerprint density at radius 1 is 0.729 bits per heavy atom. The predicted molar refractivity (Wildman–Crippen MR) is 202 cm³/mol. The zero-order valence-electron chi connectivity index (χ0n) is 26.8. The zero-order chi connectivity index (χ0) is 32.0. The SMILES string of the molecule is Nc1c(/C=C\Cc2cccc(C3Nc4ccccc4C4Nc5c(ccc6c5NCCC6)C=C34)c2)ccc2c1NC(c1ccccc1)C=C2. The Hall–Kier alpha value is -5.68. The van der Waals surface area contributed by atoms with Gasteiger partial charge in [0, 0.05) is 17.8 Å². The number of aryl methyl sites for hydroxylation is 1. The summed E-state index contributed by atoms with van der Waals surface area (Å²) >= 11 is 0. The van der Waals surface area contributed by atoms with Crippen molar-refractivity contribution in [3.05, 3.63) is 165 Å². The number of nitrogen functional groups attached to an aromatic ring is 1. The number of hydrogen-bond donors (Lipinski definition) is 5. The topological polar surface area (TPSA) is 74.1 Å². The molecule has 0 aliphatic carbocycles. The Bertz CT molecular complexity index is 2130. The molecule has 4 heterocycles. The van der Waals surface area contributed by atoms with E-state index in [1.807, 2.05) is 6.07 Å². The fourth-order valence-corrected chi connectivity index (χ4v) is 7.81. The van der Waals surface area contributed by atoms with Gasteiger partial charge in [0.25, 0.3) is 0 Å². The number of fused-ring (bicyclic) bond motifs is 7. The Balaban J connectivity index is 0.990. The number of nitrogens with two attached hydrogens (primary N) is 1. The van der Waals surface area contributed by atoms with Crippen molar-refractivity contribution >= 4 is 46.7 Å². The maximum atomic E-state index is 6.75. The smallest absolute Gasteiger partial charge is 0.0774 e. The van der Waals surface area contributed by atoms with E-state index in [9.17, 15) is 0 Å². The molecular formula is C43H39N5. The molecule has 0 fully saturated rings. The van der Waals surface area contributed by atoms with Gasteiger partial charge in [0.15, 0.2) is 0 Å². The van der Waals surface area contributed by atoms with Crippen LogP contribution in [-0.2, 0) is 12.8 Å². The number of nitrogens with one attached hydrogen (secondary N) is 4. The first kappa shape index (κ1) is 28.5. The highest BCUT2D eigenvalue weighted by Gasteiger charge is 2.36. The van der Waals surface area contributed by atoms with Crippen molar-refractivity contribution in [1.29, 1.82) is 0 Å². The fourth-order valence-electron chi connectivity index (χ4n) is 7.81. The fraction of sp³-hybridized carbons (Fsp3) is 0.163. The van der Waals surface area contributed by atoms with Gasteiger partial charge in [0.1, 0.15) is 0 Å². The molecule has 0 radical (unpaired) electrons. The van der Waals surface area contributed by atoms with Crippen LogP contribution in [0.15, 0.2) is 121 Å². The van der Waals surface area contributed by atoms with E-state index in [0.717, 1.165) is 41.9 Å². The van der Waals surface area contributed by atoms with E-state index >= 15 is 0 Å². The number of allylic oxidation sites excluding steroid dienone is 1. The average molecular weight is 626 g/mol. The molecule has 4 aliphatic heterocycles. The Morgan fingerprint density at radius 3 is 2.52 bits per heavy atom. The summed E-state index contributed by atoms with van der Waals surface area (Å²) in [5, 5.41) is 15.2. The summed E-state index contributed by atoms with van der Waals surface area (Å²) in [5.41, 5.74) is 23.4. The van der Waals surface area contributed by atoms with Gasteiger partial charge in [-0.1, -0.05) is 121 Å². The minimum absolute atomic E-state index is 0.0615. The molecule has 0 saturated heterocycles. The molecule has 0 bridgehead atoms. The zero-order valence-corrected chi connectivity index (χ0v) is 26.8. The van der Waals surface area contributed by atoms with Crippen LogP contribution in [0.25, 0.3) is 18.2 Å². The van der Waals surface area contributed by atoms with Crippen LogP contribution in [0.5, 0.6) is 0 Å². The molecule has 0 aromatic heterocycles. The number of hydrogen-bond acceptors (Lipinski definition) is 5. The molecular weight excluding hydrogens is 587 g/mol. The van der Waals surface area contributed by atoms with Gasteiger partial charge in [0.05, 0.1) is 40.9 Å². The number of anilines is 5. The second kappa shape index (κ2) is 11.8. The lowest BCUT2D eigenvalue weighted by molar-refractivity contribution is 0.748. The van der Waals surface area contributed by atoms with Gasteiger partial charge in [-0.3, -0.25) is 0 Å². The Labute approximate surface area is 282 Å². The van der Waals surface area contributed by atoms with E-state index in [2.05, 4.69) is 149 Å². The van der Waals surface area contributed by atoms with Gasteiger partial charge < -0.3 is 27.0 Å². The van der Waals surface area contributed by atoms with Gasteiger partial charge in [-0.15, -0.1) is 0 Å². The van der Waals surface area contributed by atoms with Crippen LogP contribution in [0.1, 0.15) is 69.1 Å². The molecule has 6 N–H and O–H groups in total. The molecule has 5 heteroatoms. The molecule has 9 rings (SSSR count). The van der Waals surface area contributed by atoms with Gasteiger partial charge >= 0.3 is 0 Å². The lowest BCUT2D eigenvalue weighted by atomic mass is 9.80. The van der Waals surface area contributed by atoms with Gasteiger partial charge in [-0.05, 0) is 75.9 Å².